The van der Waals surface area contributed by atoms with Gasteiger partial charge in [0, 0.05) is 18.2 Å². The summed E-state index contributed by atoms with van der Waals surface area (Å²) in [6.45, 7) is 7.75. The second-order valence-corrected chi connectivity index (χ2v) is 5.60. The Labute approximate surface area is 96.1 Å². The van der Waals surface area contributed by atoms with Gasteiger partial charge in [0.25, 0.3) is 0 Å². The summed E-state index contributed by atoms with van der Waals surface area (Å²) in [5.41, 5.74) is 0.619. The molecule has 5 nitrogen and oxygen atoms in total. The number of hydrogen-bond acceptors (Lipinski definition) is 4. The Hall–Kier alpha value is -0.850. The summed E-state index contributed by atoms with van der Waals surface area (Å²) < 4.78 is 28.2. The molecule has 0 amide bonds. The highest BCUT2D eigenvalue weighted by Gasteiger charge is 2.23. The van der Waals surface area contributed by atoms with Crippen molar-refractivity contribution in [2.75, 3.05) is 0 Å². The first-order valence-electron chi connectivity index (χ1n) is 5.08. The van der Waals surface area contributed by atoms with Gasteiger partial charge < -0.3 is 9.73 Å². The van der Waals surface area contributed by atoms with Crippen molar-refractivity contribution < 1.29 is 12.8 Å². The van der Waals surface area contributed by atoms with E-state index in [0.717, 1.165) is 0 Å². The van der Waals surface area contributed by atoms with E-state index in [0.29, 0.717) is 23.6 Å². The average Bonchev–Trinajstić information content (AvgIpc) is 2.36. The van der Waals surface area contributed by atoms with E-state index < -0.39 is 10.0 Å². The van der Waals surface area contributed by atoms with E-state index in [9.17, 15) is 8.42 Å². The van der Waals surface area contributed by atoms with Crippen LogP contribution in [0, 0.1) is 13.8 Å². The van der Waals surface area contributed by atoms with Gasteiger partial charge in [-0.15, -0.1) is 0 Å². The van der Waals surface area contributed by atoms with Crippen molar-refractivity contribution in [3.05, 3.63) is 17.1 Å². The number of nitrogens with two attached hydrogens (primary N) is 1. The van der Waals surface area contributed by atoms with Crippen molar-refractivity contribution in [1.82, 2.24) is 5.32 Å². The number of hydrogen-bond donors (Lipinski definition) is 2. The van der Waals surface area contributed by atoms with Crippen molar-refractivity contribution in [1.29, 1.82) is 0 Å². The highest BCUT2D eigenvalue weighted by atomic mass is 32.2. The van der Waals surface area contributed by atoms with Gasteiger partial charge in [0.1, 0.15) is 16.4 Å². The lowest BCUT2D eigenvalue weighted by Crippen LogP contribution is -2.24. The minimum atomic E-state index is -3.72. The third-order valence-electron chi connectivity index (χ3n) is 2.30. The van der Waals surface area contributed by atoms with Crippen LogP contribution in [0.2, 0.25) is 0 Å². The molecule has 1 rings (SSSR count). The summed E-state index contributed by atoms with van der Waals surface area (Å²) in [6.07, 6.45) is 0. The lowest BCUT2D eigenvalue weighted by Gasteiger charge is -2.08. The van der Waals surface area contributed by atoms with E-state index in [2.05, 4.69) is 5.32 Å². The fourth-order valence-corrected chi connectivity index (χ4v) is 2.59. The molecular formula is C10H18N2O3S. The molecule has 3 N–H and O–H groups in total. The third-order valence-corrected chi connectivity index (χ3v) is 3.40. The summed E-state index contributed by atoms with van der Waals surface area (Å²) in [5.74, 6) is 0.940. The molecule has 0 saturated heterocycles. The Bertz CT molecular complexity index is 474. The number of furan rings is 1. The van der Waals surface area contributed by atoms with Crippen molar-refractivity contribution in [3.8, 4) is 0 Å². The molecule has 16 heavy (non-hydrogen) atoms. The standard InChI is InChI=1S/C10H18N2O3S/c1-6(2)12-5-9-7(3)15-8(4)10(9)16(11,13)14/h6,12H,5H2,1-4H3,(H2,11,13,14). The van der Waals surface area contributed by atoms with E-state index in [4.69, 9.17) is 9.56 Å². The van der Waals surface area contributed by atoms with Gasteiger partial charge in [-0.25, -0.2) is 13.6 Å². The van der Waals surface area contributed by atoms with Gasteiger partial charge in [0.15, 0.2) is 0 Å². The van der Waals surface area contributed by atoms with Gasteiger partial charge in [-0.2, -0.15) is 0 Å². The zero-order valence-electron chi connectivity index (χ0n) is 9.99. The molecule has 1 heterocycles. The van der Waals surface area contributed by atoms with Gasteiger partial charge in [-0.1, -0.05) is 13.8 Å². The van der Waals surface area contributed by atoms with Crippen molar-refractivity contribution in [2.45, 2.75) is 45.2 Å². The highest BCUT2D eigenvalue weighted by Crippen LogP contribution is 2.25. The second kappa shape index (κ2) is 4.57. The molecule has 1 aromatic heterocycles. The predicted octanol–water partition coefficient (Wildman–Crippen LogP) is 1.04. The SMILES string of the molecule is Cc1oc(C)c(S(N)(=O)=O)c1CNC(C)C. The van der Waals surface area contributed by atoms with Crippen LogP contribution in [-0.4, -0.2) is 14.5 Å². The van der Waals surface area contributed by atoms with Crippen LogP contribution < -0.4 is 10.5 Å². The first-order chi connectivity index (χ1) is 7.23. The smallest absolute Gasteiger partial charge is 0.241 e. The summed E-state index contributed by atoms with van der Waals surface area (Å²) in [7, 11) is -3.72. The molecule has 1 aromatic rings. The zero-order chi connectivity index (χ0) is 12.5. The predicted molar refractivity (Wildman–Crippen MR) is 61.5 cm³/mol. The van der Waals surface area contributed by atoms with Gasteiger partial charge in [-0.3, -0.25) is 0 Å². The van der Waals surface area contributed by atoms with Gasteiger partial charge >= 0.3 is 0 Å². The van der Waals surface area contributed by atoms with Crippen LogP contribution in [0.4, 0.5) is 0 Å². The fourth-order valence-electron chi connectivity index (χ4n) is 1.59. The Kier molecular flexibility index (Phi) is 3.77. The number of primary sulfonamides is 1. The van der Waals surface area contributed by atoms with Gasteiger partial charge in [0.05, 0.1) is 0 Å². The number of sulfonamides is 1. The molecular weight excluding hydrogens is 228 g/mol. The summed E-state index contributed by atoms with van der Waals surface area (Å²) in [6, 6.07) is 0.267. The fraction of sp³-hybridized carbons (Fsp3) is 0.600. The van der Waals surface area contributed by atoms with E-state index in [1.165, 1.54) is 0 Å². The number of aryl methyl sites for hydroxylation is 2. The van der Waals surface area contributed by atoms with E-state index in [1.54, 1.807) is 13.8 Å². The molecule has 6 heteroatoms. The normalized spacial score (nSPS) is 12.4. The van der Waals surface area contributed by atoms with Crippen LogP contribution in [0.5, 0.6) is 0 Å². The van der Waals surface area contributed by atoms with Crippen molar-refractivity contribution in [2.24, 2.45) is 5.14 Å². The zero-order valence-corrected chi connectivity index (χ0v) is 10.8. The number of nitrogens with one attached hydrogen (secondary N) is 1. The van der Waals surface area contributed by atoms with Crippen molar-refractivity contribution >= 4 is 10.0 Å². The average molecular weight is 246 g/mol. The maximum atomic E-state index is 11.4. The molecule has 0 radical (unpaired) electrons. The lowest BCUT2D eigenvalue weighted by molar-refractivity contribution is 0.492. The van der Waals surface area contributed by atoms with Crippen molar-refractivity contribution in [3.63, 3.8) is 0 Å². The minimum Gasteiger partial charge on any atom is -0.465 e. The minimum absolute atomic E-state index is 0.109. The molecule has 0 atom stereocenters. The highest BCUT2D eigenvalue weighted by molar-refractivity contribution is 7.89. The van der Waals surface area contributed by atoms with Crippen LogP contribution in [0.3, 0.4) is 0 Å². The van der Waals surface area contributed by atoms with Gasteiger partial charge in [-0.05, 0) is 13.8 Å². The molecule has 0 aromatic carbocycles. The Balaban J connectivity index is 3.17. The maximum absolute atomic E-state index is 11.4. The first kappa shape index (κ1) is 13.2. The number of rotatable bonds is 4. The Morgan fingerprint density at radius 3 is 2.31 bits per heavy atom. The van der Waals surface area contributed by atoms with Crippen LogP contribution in [0.1, 0.15) is 30.9 Å². The summed E-state index contributed by atoms with van der Waals surface area (Å²) in [5, 5.41) is 8.31. The van der Waals surface area contributed by atoms with E-state index in [1.807, 2.05) is 13.8 Å². The van der Waals surface area contributed by atoms with E-state index >= 15 is 0 Å². The Morgan fingerprint density at radius 2 is 1.88 bits per heavy atom. The topological polar surface area (TPSA) is 85.3 Å². The third kappa shape index (κ3) is 2.84. The monoisotopic (exact) mass is 246 g/mol. The van der Waals surface area contributed by atoms with E-state index in [-0.39, 0.29) is 10.9 Å². The molecule has 0 bridgehead atoms. The maximum Gasteiger partial charge on any atom is 0.241 e. The van der Waals surface area contributed by atoms with Gasteiger partial charge in [0.2, 0.25) is 10.0 Å². The molecule has 0 spiro atoms. The largest absolute Gasteiger partial charge is 0.465 e. The molecule has 92 valence electrons. The van der Waals surface area contributed by atoms with Crippen LogP contribution in [-0.2, 0) is 16.6 Å². The molecule has 0 unspecified atom stereocenters. The first-order valence-corrected chi connectivity index (χ1v) is 6.63. The second-order valence-electron chi connectivity index (χ2n) is 4.10. The summed E-state index contributed by atoms with van der Waals surface area (Å²) in [4.78, 5) is 0.109. The molecule has 0 fully saturated rings. The summed E-state index contributed by atoms with van der Waals surface area (Å²) >= 11 is 0. The Morgan fingerprint density at radius 1 is 1.31 bits per heavy atom. The van der Waals surface area contributed by atoms with Crippen LogP contribution in [0.15, 0.2) is 9.31 Å². The molecule has 0 aliphatic carbocycles. The molecule has 0 aliphatic rings. The molecule has 0 saturated carbocycles. The lowest BCUT2D eigenvalue weighted by atomic mass is 10.2. The quantitative estimate of drug-likeness (QED) is 0.831. The van der Waals surface area contributed by atoms with Crippen LogP contribution in [0.25, 0.3) is 0 Å². The molecule has 0 aliphatic heterocycles. The van der Waals surface area contributed by atoms with Crippen LogP contribution >= 0.6 is 0 Å².